The summed E-state index contributed by atoms with van der Waals surface area (Å²) in [6.07, 6.45) is 2.60. The number of fused-ring (bicyclic) bond motifs is 1. The van der Waals surface area contributed by atoms with Crippen molar-refractivity contribution in [2.75, 3.05) is 6.26 Å². The number of halogens is 2. The molecule has 0 aliphatic rings. The van der Waals surface area contributed by atoms with Crippen LogP contribution in [0.25, 0.3) is 16.0 Å². The first-order valence-electron chi connectivity index (χ1n) is 9.65. The van der Waals surface area contributed by atoms with Crippen molar-refractivity contribution in [1.82, 2.24) is 9.55 Å². The second-order valence-corrected chi connectivity index (χ2v) is 10.6. The number of primary amides is 1. The molecule has 0 bridgehead atoms. The summed E-state index contributed by atoms with van der Waals surface area (Å²) in [5.74, 6) is -3.66. The summed E-state index contributed by atoms with van der Waals surface area (Å²) >= 11 is 1.02. The first-order valence-corrected chi connectivity index (χ1v) is 12.4. The highest BCUT2D eigenvalue weighted by Gasteiger charge is 2.27. The van der Waals surface area contributed by atoms with Gasteiger partial charge in [-0.25, -0.2) is 22.2 Å². The van der Waals surface area contributed by atoms with E-state index in [2.05, 4.69) is 4.98 Å². The number of carbonyl (C=O) groups is 1. The summed E-state index contributed by atoms with van der Waals surface area (Å²) in [6, 6.07) is 12.1. The van der Waals surface area contributed by atoms with Crippen molar-refractivity contribution in [1.29, 1.82) is 0 Å². The highest BCUT2D eigenvalue weighted by Crippen LogP contribution is 2.35. The molecule has 2 heterocycles. The lowest BCUT2D eigenvalue weighted by Gasteiger charge is -2.16. The molecule has 33 heavy (non-hydrogen) atoms. The first kappa shape index (κ1) is 22.9. The zero-order chi connectivity index (χ0) is 24.0. The van der Waals surface area contributed by atoms with Crippen LogP contribution in [0.3, 0.4) is 0 Å². The van der Waals surface area contributed by atoms with Crippen LogP contribution in [-0.4, -0.2) is 30.1 Å². The Morgan fingerprint density at radius 3 is 2.61 bits per heavy atom. The van der Waals surface area contributed by atoms with Crippen LogP contribution in [-0.2, 0) is 22.4 Å². The van der Waals surface area contributed by atoms with Crippen LogP contribution in [0.1, 0.15) is 27.7 Å². The second kappa shape index (κ2) is 8.23. The van der Waals surface area contributed by atoms with Gasteiger partial charge in [-0.15, -0.1) is 11.3 Å². The predicted molar refractivity (Wildman–Crippen MR) is 121 cm³/mol. The zero-order valence-corrected chi connectivity index (χ0v) is 19.2. The molecule has 0 saturated carbocycles. The number of ether oxygens (including phenoxy) is 1. The maximum Gasteiger partial charge on any atom is 0.270 e. The number of sulfone groups is 1. The lowest BCUT2D eigenvalue weighted by atomic mass is 10.0. The van der Waals surface area contributed by atoms with E-state index >= 15 is 0 Å². The molecule has 0 aliphatic heterocycles. The fraction of sp³-hybridized carbons (Fsp3) is 0.182. The van der Waals surface area contributed by atoms with E-state index in [1.165, 1.54) is 36.7 Å². The third-order valence-electron chi connectivity index (χ3n) is 4.97. The summed E-state index contributed by atoms with van der Waals surface area (Å²) in [4.78, 5) is 16.5. The fourth-order valence-electron chi connectivity index (χ4n) is 3.38. The Hall–Kier alpha value is -3.31. The molecule has 172 valence electrons. The molecule has 4 aromatic rings. The number of rotatable bonds is 7. The summed E-state index contributed by atoms with van der Waals surface area (Å²) in [5, 5.41) is 0.501. The van der Waals surface area contributed by atoms with Crippen LogP contribution in [0.5, 0.6) is 5.75 Å². The Morgan fingerprint density at radius 1 is 1.21 bits per heavy atom. The number of imidazole rings is 1. The molecule has 7 nitrogen and oxygen atoms in total. The molecule has 2 aromatic heterocycles. The predicted octanol–water partition coefficient (Wildman–Crippen LogP) is 4.28. The SMILES string of the molecule is CC(F)(F)c1ccccc1COc1cc(-n2cnc3ccc(S(C)(=O)=O)cc32)sc1C(N)=O. The number of amides is 1. The smallest absolute Gasteiger partial charge is 0.270 e. The minimum absolute atomic E-state index is 0.104. The Labute approximate surface area is 192 Å². The molecule has 0 spiro atoms. The summed E-state index contributed by atoms with van der Waals surface area (Å²) in [7, 11) is -3.44. The minimum atomic E-state index is -3.44. The van der Waals surface area contributed by atoms with Crippen molar-refractivity contribution < 1.29 is 26.7 Å². The average Bonchev–Trinajstić information content (AvgIpc) is 3.34. The number of aromatic nitrogens is 2. The molecule has 2 aromatic carbocycles. The molecule has 4 rings (SSSR count). The maximum absolute atomic E-state index is 13.9. The van der Waals surface area contributed by atoms with Gasteiger partial charge >= 0.3 is 0 Å². The average molecular weight is 492 g/mol. The van der Waals surface area contributed by atoms with E-state index in [0.29, 0.717) is 16.0 Å². The van der Waals surface area contributed by atoms with Crippen LogP contribution < -0.4 is 10.5 Å². The first-order chi connectivity index (χ1) is 15.4. The number of hydrogen-bond donors (Lipinski definition) is 1. The molecule has 0 unspecified atom stereocenters. The third kappa shape index (κ3) is 4.60. The summed E-state index contributed by atoms with van der Waals surface area (Å²) in [5.41, 5.74) is 6.68. The maximum atomic E-state index is 13.9. The second-order valence-electron chi connectivity index (χ2n) is 7.51. The Balaban J connectivity index is 1.73. The number of thiophene rings is 1. The monoisotopic (exact) mass is 491 g/mol. The van der Waals surface area contributed by atoms with Crippen molar-refractivity contribution in [3.63, 3.8) is 0 Å². The minimum Gasteiger partial charge on any atom is -0.487 e. The lowest BCUT2D eigenvalue weighted by molar-refractivity contribution is 0.0156. The van der Waals surface area contributed by atoms with Gasteiger partial charge in [-0.05, 0) is 23.8 Å². The number of benzene rings is 2. The van der Waals surface area contributed by atoms with Gasteiger partial charge in [0.05, 0.1) is 15.9 Å². The lowest BCUT2D eigenvalue weighted by Crippen LogP contribution is -2.13. The number of carbonyl (C=O) groups excluding carboxylic acids is 1. The molecule has 0 radical (unpaired) electrons. The molecule has 1 amide bonds. The van der Waals surface area contributed by atoms with Crippen LogP contribution in [0, 0.1) is 0 Å². The van der Waals surface area contributed by atoms with Gasteiger partial charge in [0.2, 0.25) is 0 Å². The molecular weight excluding hydrogens is 472 g/mol. The normalized spacial score (nSPS) is 12.2. The Morgan fingerprint density at radius 2 is 1.94 bits per heavy atom. The van der Waals surface area contributed by atoms with E-state index in [-0.39, 0.29) is 33.3 Å². The molecular formula is C22H19F2N3O4S2. The van der Waals surface area contributed by atoms with Crippen molar-refractivity contribution >= 4 is 38.1 Å². The van der Waals surface area contributed by atoms with Crippen molar-refractivity contribution in [3.05, 3.63) is 70.9 Å². The van der Waals surface area contributed by atoms with Crippen molar-refractivity contribution in [3.8, 4) is 10.8 Å². The van der Waals surface area contributed by atoms with E-state index in [1.54, 1.807) is 22.8 Å². The van der Waals surface area contributed by atoms with Crippen LogP contribution in [0.4, 0.5) is 8.78 Å². The molecule has 0 atom stereocenters. The van der Waals surface area contributed by atoms with Gasteiger partial charge in [0, 0.05) is 24.8 Å². The molecule has 0 aliphatic carbocycles. The zero-order valence-electron chi connectivity index (χ0n) is 17.6. The topological polar surface area (TPSA) is 104 Å². The number of nitrogens with zero attached hydrogens (tertiary/aromatic N) is 2. The van der Waals surface area contributed by atoms with Crippen LogP contribution in [0.15, 0.2) is 59.8 Å². The van der Waals surface area contributed by atoms with Gasteiger partial charge in [0.25, 0.3) is 11.8 Å². The Kier molecular flexibility index (Phi) is 5.71. The largest absolute Gasteiger partial charge is 0.487 e. The quantitative estimate of drug-likeness (QED) is 0.416. The number of nitrogens with two attached hydrogens (primary N) is 1. The van der Waals surface area contributed by atoms with E-state index in [1.807, 2.05) is 0 Å². The third-order valence-corrected chi connectivity index (χ3v) is 7.21. The number of alkyl halides is 2. The van der Waals surface area contributed by atoms with Gasteiger partial charge in [0.1, 0.15) is 28.6 Å². The van der Waals surface area contributed by atoms with Gasteiger partial charge < -0.3 is 10.5 Å². The molecule has 2 N–H and O–H groups in total. The van der Waals surface area contributed by atoms with Gasteiger partial charge in [-0.2, -0.15) is 0 Å². The molecule has 0 saturated heterocycles. The van der Waals surface area contributed by atoms with E-state index in [9.17, 15) is 22.0 Å². The van der Waals surface area contributed by atoms with Crippen molar-refractivity contribution in [2.24, 2.45) is 5.73 Å². The standard InChI is InChI=1S/C22H19F2N3O4S2/c1-22(23,24)15-6-4-3-5-13(15)11-31-18-10-19(32-20(18)21(25)28)27-12-26-16-8-7-14(9-17(16)27)33(2,29)30/h3-10,12H,11H2,1-2H3,(H2,25,28). The highest BCUT2D eigenvalue weighted by molar-refractivity contribution is 7.90. The van der Waals surface area contributed by atoms with Gasteiger partial charge in [0.15, 0.2) is 9.84 Å². The number of hydrogen-bond acceptors (Lipinski definition) is 6. The fourth-order valence-corrected chi connectivity index (χ4v) is 4.96. The van der Waals surface area contributed by atoms with E-state index < -0.39 is 21.7 Å². The van der Waals surface area contributed by atoms with Crippen LogP contribution in [0.2, 0.25) is 0 Å². The summed E-state index contributed by atoms with van der Waals surface area (Å²) < 4.78 is 59.1. The van der Waals surface area contributed by atoms with Crippen molar-refractivity contribution in [2.45, 2.75) is 24.3 Å². The summed E-state index contributed by atoms with van der Waals surface area (Å²) in [6.45, 7) is 0.608. The molecule has 11 heteroatoms. The van der Waals surface area contributed by atoms with E-state index in [4.69, 9.17) is 10.5 Å². The van der Waals surface area contributed by atoms with Gasteiger partial charge in [-0.3, -0.25) is 9.36 Å². The highest BCUT2D eigenvalue weighted by atomic mass is 32.2. The van der Waals surface area contributed by atoms with E-state index in [0.717, 1.165) is 24.5 Å². The molecule has 0 fully saturated rings. The van der Waals surface area contributed by atoms with Gasteiger partial charge in [-0.1, -0.05) is 24.3 Å². The Bertz CT molecular complexity index is 1470. The van der Waals surface area contributed by atoms with Crippen LogP contribution >= 0.6 is 11.3 Å².